The molecular formula is C13H22O2. The normalized spacial score (nSPS) is 56.6. The predicted octanol–water partition coefficient (Wildman–Crippen LogP) is 3.05. The summed E-state index contributed by atoms with van der Waals surface area (Å²) in [7, 11) is 0. The molecule has 86 valence electrons. The maximum Gasteiger partial charge on any atom is 0.121 e. The molecule has 3 fully saturated rings. The van der Waals surface area contributed by atoms with Crippen LogP contribution in [-0.2, 0) is 9.47 Å². The van der Waals surface area contributed by atoms with Crippen molar-refractivity contribution < 1.29 is 9.47 Å². The summed E-state index contributed by atoms with van der Waals surface area (Å²) in [6, 6.07) is 0. The zero-order chi connectivity index (χ0) is 10.7. The van der Waals surface area contributed by atoms with E-state index in [1.54, 1.807) is 0 Å². The smallest absolute Gasteiger partial charge is 0.121 e. The molecule has 0 aromatic carbocycles. The van der Waals surface area contributed by atoms with Crippen LogP contribution in [0.15, 0.2) is 0 Å². The van der Waals surface area contributed by atoms with Gasteiger partial charge in [-0.3, -0.25) is 0 Å². The van der Waals surface area contributed by atoms with Crippen molar-refractivity contribution in [2.24, 2.45) is 0 Å². The second-order valence-electron chi connectivity index (χ2n) is 6.08. The topological polar surface area (TPSA) is 18.5 Å². The molecule has 0 aromatic rings. The fourth-order valence-corrected chi connectivity index (χ4v) is 4.03. The van der Waals surface area contributed by atoms with E-state index < -0.39 is 0 Å². The fraction of sp³-hybridized carbons (Fsp3) is 1.00. The first-order chi connectivity index (χ1) is 7.04. The van der Waals surface area contributed by atoms with Gasteiger partial charge < -0.3 is 9.47 Å². The third-order valence-corrected chi connectivity index (χ3v) is 4.87. The number of hydrogen-bond acceptors (Lipinski definition) is 2. The summed E-state index contributed by atoms with van der Waals surface area (Å²) in [5, 5.41) is 0. The molecule has 3 saturated heterocycles. The number of rotatable bonds is 3. The molecule has 2 heteroatoms. The van der Waals surface area contributed by atoms with Crippen molar-refractivity contribution in [3.8, 4) is 0 Å². The summed E-state index contributed by atoms with van der Waals surface area (Å²) >= 11 is 0. The highest BCUT2D eigenvalue weighted by molar-refractivity contribution is 5.23. The van der Waals surface area contributed by atoms with Gasteiger partial charge in [-0.15, -0.1) is 0 Å². The van der Waals surface area contributed by atoms with E-state index in [0.717, 1.165) is 6.42 Å². The van der Waals surface area contributed by atoms with Gasteiger partial charge in [0.15, 0.2) is 0 Å². The number of ether oxygens (including phenoxy) is 2. The van der Waals surface area contributed by atoms with Gasteiger partial charge in [0.1, 0.15) is 11.2 Å². The molecule has 4 atom stereocenters. The molecule has 0 aliphatic carbocycles. The Morgan fingerprint density at radius 2 is 2.13 bits per heavy atom. The van der Waals surface area contributed by atoms with Crippen LogP contribution < -0.4 is 0 Å². The van der Waals surface area contributed by atoms with E-state index >= 15 is 0 Å². The quantitative estimate of drug-likeness (QED) is 0.713. The Labute approximate surface area is 92.3 Å². The molecule has 0 saturated carbocycles. The second-order valence-corrected chi connectivity index (χ2v) is 6.08. The van der Waals surface area contributed by atoms with Crippen LogP contribution in [0.4, 0.5) is 0 Å². The van der Waals surface area contributed by atoms with E-state index in [0.29, 0.717) is 6.10 Å². The van der Waals surface area contributed by atoms with Crippen LogP contribution in [-0.4, -0.2) is 22.9 Å². The number of fused-ring (bicyclic) bond motifs is 1. The molecule has 0 spiro atoms. The average molecular weight is 210 g/mol. The Kier molecular flexibility index (Phi) is 1.87. The molecule has 0 aromatic heterocycles. The van der Waals surface area contributed by atoms with Crippen LogP contribution in [0, 0.1) is 0 Å². The molecule has 0 radical (unpaired) electrons. The van der Waals surface area contributed by atoms with Crippen LogP contribution in [0.1, 0.15) is 59.3 Å². The summed E-state index contributed by atoms with van der Waals surface area (Å²) in [5.41, 5.74) is 0.212. The lowest BCUT2D eigenvalue weighted by Gasteiger charge is -2.59. The summed E-state index contributed by atoms with van der Waals surface area (Å²) in [5.74, 6) is 0. The first kappa shape index (κ1) is 10.1. The van der Waals surface area contributed by atoms with E-state index in [1.807, 2.05) is 0 Å². The summed E-state index contributed by atoms with van der Waals surface area (Å²) in [4.78, 5) is 0. The molecule has 0 N–H and O–H groups in total. The van der Waals surface area contributed by atoms with Crippen molar-refractivity contribution in [3.63, 3.8) is 0 Å². The highest BCUT2D eigenvalue weighted by Crippen LogP contribution is 2.64. The average Bonchev–Trinajstić information content (AvgIpc) is 2.32. The Morgan fingerprint density at radius 1 is 1.33 bits per heavy atom. The lowest BCUT2D eigenvalue weighted by Crippen LogP contribution is -2.70. The molecule has 0 amide bonds. The fourth-order valence-electron chi connectivity index (χ4n) is 4.03. The predicted molar refractivity (Wildman–Crippen MR) is 58.9 cm³/mol. The minimum absolute atomic E-state index is 0.0369. The monoisotopic (exact) mass is 210 g/mol. The van der Waals surface area contributed by atoms with Gasteiger partial charge >= 0.3 is 0 Å². The highest BCUT2D eigenvalue weighted by atomic mass is 16.7. The lowest BCUT2D eigenvalue weighted by molar-refractivity contribution is -0.345. The Morgan fingerprint density at radius 3 is 2.87 bits per heavy atom. The molecule has 3 heterocycles. The Hall–Kier alpha value is -0.0800. The van der Waals surface area contributed by atoms with Crippen molar-refractivity contribution >= 4 is 0 Å². The maximum absolute atomic E-state index is 6.31. The van der Waals surface area contributed by atoms with E-state index in [9.17, 15) is 0 Å². The Bertz CT molecular complexity index is 290. The van der Waals surface area contributed by atoms with Crippen molar-refractivity contribution in [1.29, 1.82) is 0 Å². The van der Waals surface area contributed by atoms with Gasteiger partial charge in [-0.05, 0) is 33.1 Å². The van der Waals surface area contributed by atoms with Crippen LogP contribution in [0.5, 0.6) is 0 Å². The zero-order valence-electron chi connectivity index (χ0n) is 10.1. The summed E-state index contributed by atoms with van der Waals surface area (Å²) in [6.07, 6.45) is 7.58. The molecule has 3 aliphatic heterocycles. The second kappa shape index (κ2) is 2.78. The summed E-state index contributed by atoms with van der Waals surface area (Å²) in [6.45, 7) is 6.80. The van der Waals surface area contributed by atoms with Crippen LogP contribution >= 0.6 is 0 Å². The largest absolute Gasteiger partial charge is 0.365 e. The highest BCUT2D eigenvalue weighted by Gasteiger charge is 2.74. The third-order valence-electron chi connectivity index (χ3n) is 4.87. The minimum atomic E-state index is 0.0369. The van der Waals surface area contributed by atoms with Gasteiger partial charge in [-0.1, -0.05) is 19.8 Å². The molecule has 15 heavy (non-hydrogen) atoms. The van der Waals surface area contributed by atoms with Gasteiger partial charge in [0.05, 0.1) is 11.7 Å². The van der Waals surface area contributed by atoms with Crippen LogP contribution in [0.25, 0.3) is 0 Å². The lowest BCUT2D eigenvalue weighted by atomic mass is 9.71. The van der Waals surface area contributed by atoms with Gasteiger partial charge in [0.25, 0.3) is 0 Å². The molecule has 2 nitrogen and oxygen atoms in total. The van der Waals surface area contributed by atoms with Crippen LogP contribution in [0.3, 0.4) is 0 Å². The van der Waals surface area contributed by atoms with Crippen molar-refractivity contribution in [2.75, 3.05) is 0 Å². The van der Waals surface area contributed by atoms with Gasteiger partial charge in [-0.2, -0.15) is 0 Å². The zero-order valence-corrected chi connectivity index (χ0v) is 10.1. The van der Waals surface area contributed by atoms with Crippen molar-refractivity contribution in [1.82, 2.24) is 0 Å². The van der Waals surface area contributed by atoms with Gasteiger partial charge in [0.2, 0.25) is 0 Å². The number of hydrogen-bond donors (Lipinski definition) is 0. The van der Waals surface area contributed by atoms with E-state index in [4.69, 9.17) is 9.47 Å². The number of unbranched alkanes of at least 4 members (excludes halogenated alkanes) is 1. The van der Waals surface area contributed by atoms with Gasteiger partial charge in [0, 0.05) is 6.42 Å². The van der Waals surface area contributed by atoms with Crippen molar-refractivity contribution in [3.05, 3.63) is 0 Å². The molecule has 3 aliphatic rings. The Balaban J connectivity index is 1.87. The molecule has 2 bridgehead atoms. The first-order valence-electron chi connectivity index (χ1n) is 6.42. The molecule has 4 unspecified atom stereocenters. The van der Waals surface area contributed by atoms with E-state index in [2.05, 4.69) is 20.8 Å². The van der Waals surface area contributed by atoms with E-state index in [1.165, 1.54) is 32.1 Å². The van der Waals surface area contributed by atoms with Crippen LogP contribution in [0.2, 0.25) is 0 Å². The van der Waals surface area contributed by atoms with Crippen molar-refractivity contribution in [2.45, 2.75) is 82.2 Å². The standard InChI is InChI=1S/C13H22O2/c1-4-5-7-13-9-11(2)8-6-10(14-13)12(13,3)15-11/h10H,4-9H2,1-3H3. The third kappa shape index (κ3) is 1.07. The SMILES string of the molecule is CCCCC12CC3(C)CCC(O1)C2(C)O3. The minimum Gasteiger partial charge on any atom is -0.365 e. The maximum atomic E-state index is 6.31. The van der Waals surface area contributed by atoms with Gasteiger partial charge in [-0.25, -0.2) is 0 Å². The summed E-state index contributed by atoms with van der Waals surface area (Å²) < 4.78 is 12.5. The molecular weight excluding hydrogens is 188 g/mol. The molecule has 3 rings (SSSR count). The van der Waals surface area contributed by atoms with E-state index in [-0.39, 0.29) is 16.8 Å². The first-order valence-corrected chi connectivity index (χ1v) is 6.42.